The highest BCUT2D eigenvalue weighted by Gasteiger charge is 2.26. The van der Waals surface area contributed by atoms with Crippen LogP contribution in [0.3, 0.4) is 0 Å². The zero-order valence-corrected chi connectivity index (χ0v) is 17.7. The molecule has 1 fully saturated rings. The molecular formula is C23H25N3O3S. The number of benzene rings is 2. The molecule has 0 atom stereocenters. The molecular weight excluding hydrogens is 398 g/mol. The third-order valence-electron chi connectivity index (χ3n) is 5.47. The summed E-state index contributed by atoms with van der Waals surface area (Å²) in [5, 5.41) is 1.14. The summed E-state index contributed by atoms with van der Waals surface area (Å²) in [4.78, 5) is 19.9. The Hall–Kier alpha value is -2.77. The average molecular weight is 424 g/mol. The highest BCUT2D eigenvalue weighted by molar-refractivity contribution is 7.92. The van der Waals surface area contributed by atoms with E-state index in [9.17, 15) is 13.2 Å². The van der Waals surface area contributed by atoms with Crippen LogP contribution in [-0.2, 0) is 16.6 Å². The smallest absolute Gasteiger partial charge is 0.229 e. The molecule has 0 bridgehead atoms. The lowest BCUT2D eigenvalue weighted by atomic mass is 9.89. The van der Waals surface area contributed by atoms with Gasteiger partial charge in [0.05, 0.1) is 17.5 Å². The van der Waals surface area contributed by atoms with Crippen molar-refractivity contribution >= 4 is 32.4 Å². The van der Waals surface area contributed by atoms with Gasteiger partial charge in [0.15, 0.2) is 5.78 Å². The Labute approximate surface area is 177 Å². The molecule has 2 aromatic carbocycles. The number of carbonyl (C=O) groups excluding carboxylic acids is 1. The van der Waals surface area contributed by atoms with Gasteiger partial charge in [-0.15, -0.1) is 0 Å². The first kappa shape index (κ1) is 20.5. The first-order valence-corrected chi connectivity index (χ1v) is 12.0. The van der Waals surface area contributed by atoms with Gasteiger partial charge in [-0.05, 0) is 62.3 Å². The fourth-order valence-electron chi connectivity index (χ4n) is 3.93. The standard InChI is InChI=1S/C23H25N3O3S/c1-30(28,29)25-20-9-7-18(8-10-20)23(27)19-12-14-26(15-13-19)16-21-11-6-17-4-2-3-5-22(17)24-21/h2-11,19,25H,12-16H2,1H3. The summed E-state index contributed by atoms with van der Waals surface area (Å²) in [7, 11) is -3.32. The van der Waals surface area contributed by atoms with Crippen molar-refractivity contribution in [2.75, 3.05) is 24.1 Å². The third kappa shape index (κ3) is 5.04. The molecule has 1 N–H and O–H groups in total. The minimum absolute atomic E-state index is 0.000436. The fourth-order valence-corrected chi connectivity index (χ4v) is 4.50. The van der Waals surface area contributed by atoms with E-state index in [1.165, 1.54) is 0 Å². The van der Waals surface area contributed by atoms with E-state index in [2.05, 4.69) is 27.8 Å². The van der Waals surface area contributed by atoms with Gasteiger partial charge in [-0.2, -0.15) is 0 Å². The first-order chi connectivity index (χ1) is 14.4. The van der Waals surface area contributed by atoms with Gasteiger partial charge in [0.25, 0.3) is 0 Å². The molecule has 2 heterocycles. The van der Waals surface area contributed by atoms with Crippen LogP contribution in [0.25, 0.3) is 10.9 Å². The van der Waals surface area contributed by atoms with E-state index in [0.717, 1.165) is 55.3 Å². The van der Waals surface area contributed by atoms with E-state index in [-0.39, 0.29) is 11.7 Å². The number of anilines is 1. The molecule has 1 saturated heterocycles. The molecule has 1 aliphatic rings. The number of nitrogens with zero attached hydrogens (tertiary/aromatic N) is 2. The minimum atomic E-state index is -3.32. The molecule has 0 saturated carbocycles. The number of hydrogen-bond acceptors (Lipinski definition) is 5. The lowest BCUT2D eigenvalue weighted by Gasteiger charge is -2.31. The molecule has 0 amide bonds. The number of fused-ring (bicyclic) bond motifs is 1. The third-order valence-corrected chi connectivity index (χ3v) is 6.08. The molecule has 7 heteroatoms. The SMILES string of the molecule is CS(=O)(=O)Nc1ccc(C(=O)C2CCN(Cc3ccc4ccccc4n3)CC2)cc1. The van der Waals surface area contributed by atoms with Gasteiger partial charge in [0, 0.05) is 29.1 Å². The van der Waals surface area contributed by atoms with E-state index in [1.807, 2.05) is 18.2 Å². The van der Waals surface area contributed by atoms with Gasteiger partial charge in [0.1, 0.15) is 0 Å². The second-order valence-corrected chi connectivity index (χ2v) is 9.61. The number of carbonyl (C=O) groups is 1. The van der Waals surface area contributed by atoms with Crippen LogP contribution < -0.4 is 4.72 Å². The van der Waals surface area contributed by atoms with Crippen molar-refractivity contribution in [1.29, 1.82) is 0 Å². The number of hydrogen-bond donors (Lipinski definition) is 1. The Bertz CT molecular complexity index is 1150. The van der Waals surface area contributed by atoms with Crippen LogP contribution in [0.5, 0.6) is 0 Å². The van der Waals surface area contributed by atoms with Crippen molar-refractivity contribution in [1.82, 2.24) is 9.88 Å². The highest BCUT2D eigenvalue weighted by atomic mass is 32.2. The van der Waals surface area contributed by atoms with Gasteiger partial charge in [-0.3, -0.25) is 19.4 Å². The Morgan fingerprint density at radius 3 is 2.43 bits per heavy atom. The largest absolute Gasteiger partial charge is 0.297 e. The van der Waals surface area contributed by atoms with E-state index in [0.29, 0.717) is 11.3 Å². The van der Waals surface area contributed by atoms with Gasteiger partial charge >= 0.3 is 0 Å². The van der Waals surface area contributed by atoms with Crippen molar-refractivity contribution in [3.05, 3.63) is 71.9 Å². The molecule has 156 valence electrons. The van der Waals surface area contributed by atoms with Crippen LogP contribution in [0.2, 0.25) is 0 Å². The molecule has 30 heavy (non-hydrogen) atoms. The zero-order chi connectivity index (χ0) is 21.1. The number of likely N-dealkylation sites (tertiary alicyclic amines) is 1. The predicted octanol–water partition coefficient (Wildman–Crippen LogP) is 3.70. The second kappa shape index (κ2) is 8.53. The number of pyridine rings is 1. The summed E-state index contributed by atoms with van der Waals surface area (Å²) in [6.07, 6.45) is 2.73. The summed E-state index contributed by atoms with van der Waals surface area (Å²) in [6.45, 7) is 2.51. The summed E-state index contributed by atoms with van der Waals surface area (Å²) < 4.78 is 25.0. The number of rotatable bonds is 6. The maximum absolute atomic E-state index is 12.8. The van der Waals surface area contributed by atoms with E-state index in [4.69, 9.17) is 4.98 Å². The Morgan fingerprint density at radius 2 is 1.73 bits per heavy atom. The number of sulfonamides is 1. The Kier molecular flexibility index (Phi) is 5.83. The maximum Gasteiger partial charge on any atom is 0.229 e. The van der Waals surface area contributed by atoms with Crippen molar-refractivity contribution in [2.45, 2.75) is 19.4 Å². The van der Waals surface area contributed by atoms with Crippen LogP contribution in [0.1, 0.15) is 28.9 Å². The molecule has 1 aromatic heterocycles. The molecule has 0 unspecified atom stereocenters. The molecule has 3 aromatic rings. The number of aromatic nitrogens is 1. The Balaban J connectivity index is 1.33. The minimum Gasteiger partial charge on any atom is -0.297 e. The van der Waals surface area contributed by atoms with Crippen molar-refractivity contribution in [3.8, 4) is 0 Å². The van der Waals surface area contributed by atoms with E-state index >= 15 is 0 Å². The predicted molar refractivity (Wildman–Crippen MR) is 119 cm³/mol. The van der Waals surface area contributed by atoms with Gasteiger partial charge in [-0.25, -0.2) is 8.42 Å². The maximum atomic E-state index is 12.8. The van der Waals surface area contributed by atoms with Crippen molar-refractivity contribution in [3.63, 3.8) is 0 Å². The lowest BCUT2D eigenvalue weighted by Crippen LogP contribution is -2.36. The topological polar surface area (TPSA) is 79.4 Å². The Morgan fingerprint density at radius 1 is 1.03 bits per heavy atom. The monoisotopic (exact) mass is 423 g/mol. The molecule has 4 rings (SSSR count). The normalized spacial score (nSPS) is 15.9. The van der Waals surface area contributed by atoms with Crippen LogP contribution in [-0.4, -0.2) is 43.4 Å². The summed E-state index contributed by atoms with van der Waals surface area (Å²) in [5.41, 5.74) is 3.15. The number of para-hydroxylation sites is 1. The number of nitrogens with one attached hydrogen (secondary N) is 1. The fraction of sp³-hybridized carbons (Fsp3) is 0.304. The van der Waals surface area contributed by atoms with E-state index < -0.39 is 10.0 Å². The highest BCUT2D eigenvalue weighted by Crippen LogP contribution is 2.24. The van der Waals surface area contributed by atoms with Crippen LogP contribution in [0, 0.1) is 5.92 Å². The number of Topliss-reactive ketones (excluding diaryl/α,β-unsaturated/α-hetero) is 1. The summed E-state index contributed by atoms with van der Waals surface area (Å²) >= 11 is 0. The number of ketones is 1. The second-order valence-electron chi connectivity index (χ2n) is 7.86. The van der Waals surface area contributed by atoms with Crippen molar-refractivity contribution in [2.24, 2.45) is 5.92 Å². The molecule has 1 aliphatic heterocycles. The van der Waals surface area contributed by atoms with Gasteiger partial charge < -0.3 is 0 Å². The van der Waals surface area contributed by atoms with Gasteiger partial charge in [0.2, 0.25) is 10.0 Å². The molecule has 0 spiro atoms. The van der Waals surface area contributed by atoms with Crippen LogP contribution >= 0.6 is 0 Å². The molecule has 0 radical (unpaired) electrons. The molecule has 0 aliphatic carbocycles. The van der Waals surface area contributed by atoms with Crippen LogP contribution in [0.4, 0.5) is 5.69 Å². The lowest BCUT2D eigenvalue weighted by molar-refractivity contribution is 0.0834. The zero-order valence-electron chi connectivity index (χ0n) is 16.9. The average Bonchev–Trinajstić information content (AvgIpc) is 2.73. The number of piperidine rings is 1. The van der Waals surface area contributed by atoms with E-state index in [1.54, 1.807) is 24.3 Å². The van der Waals surface area contributed by atoms with Gasteiger partial charge in [-0.1, -0.05) is 24.3 Å². The van der Waals surface area contributed by atoms with Crippen molar-refractivity contribution < 1.29 is 13.2 Å². The quantitative estimate of drug-likeness (QED) is 0.612. The molecule has 6 nitrogen and oxygen atoms in total. The summed E-state index contributed by atoms with van der Waals surface area (Å²) in [5.74, 6) is 0.129. The van der Waals surface area contributed by atoms with Crippen LogP contribution in [0.15, 0.2) is 60.7 Å². The summed E-state index contributed by atoms with van der Waals surface area (Å²) in [6, 6.07) is 18.9. The first-order valence-electron chi connectivity index (χ1n) is 10.1.